The van der Waals surface area contributed by atoms with Crippen molar-refractivity contribution in [2.75, 3.05) is 17.2 Å². The predicted molar refractivity (Wildman–Crippen MR) is 141 cm³/mol. The van der Waals surface area contributed by atoms with Crippen LogP contribution in [-0.4, -0.2) is 47.3 Å². The fourth-order valence-electron chi connectivity index (χ4n) is 4.24. The van der Waals surface area contributed by atoms with Gasteiger partial charge in [0.25, 0.3) is 5.91 Å². The number of hydrogen-bond acceptors (Lipinski definition) is 4. The highest BCUT2D eigenvalue weighted by Gasteiger charge is 2.34. The van der Waals surface area contributed by atoms with Crippen LogP contribution in [0.25, 0.3) is 0 Å². The molecule has 4 rings (SSSR count). The second-order valence-corrected chi connectivity index (χ2v) is 8.83. The molecule has 1 aliphatic rings. The van der Waals surface area contributed by atoms with Crippen molar-refractivity contribution in [3.8, 4) is 0 Å². The van der Waals surface area contributed by atoms with Crippen molar-refractivity contribution in [2.24, 2.45) is 5.73 Å². The Bertz CT molecular complexity index is 1250. The van der Waals surface area contributed by atoms with Gasteiger partial charge in [-0.25, -0.2) is 4.79 Å². The number of hydrogen-bond donors (Lipinski definition) is 4. The highest BCUT2D eigenvalue weighted by atomic mass is 16.2. The Balaban J connectivity index is 1.34. The number of nitrogens with two attached hydrogens (primary N) is 1. The van der Waals surface area contributed by atoms with Crippen LogP contribution in [0.5, 0.6) is 0 Å². The molecule has 0 radical (unpaired) electrons. The molecule has 1 saturated heterocycles. The van der Waals surface area contributed by atoms with E-state index in [0.717, 1.165) is 12.0 Å². The lowest BCUT2D eigenvalue weighted by molar-refractivity contribution is -0.120. The van der Waals surface area contributed by atoms with Crippen LogP contribution in [0.3, 0.4) is 0 Å². The summed E-state index contributed by atoms with van der Waals surface area (Å²) < 4.78 is 0. The number of anilines is 2. The summed E-state index contributed by atoms with van der Waals surface area (Å²) in [5.41, 5.74) is 7.85. The van der Waals surface area contributed by atoms with Gasteiger partial charge in [0.2, 0.25) is 11.8 Å². The van der Waals surface area contributed by atoms with Gasteiger partial charge in [0.15, 0.2) is 0 Å². The van der Waals surface area contributed by atoms with Gasteiger partial charge in [-0.05, 0) is 54.8 Å². The molecule has 1 heterocycles. The number of urea groups is 1. The molecule has 5 N–H and O–H groups in total. The predicted octanol–water partition coefficient (Wildman–Crippen LogP) is 3.15. The summed E-state index contributed by atoms with van der Waals surface area (Å²) in [6, 6.07) is 22.9. The molecule has 9 nitrogen and oxygen atoms in total. The van der Waals surface area contributed by atoms with Gasteiger partial charge < -0.3 is 26.6 Å². The molecular formula is C28H29N5O4. The lowest BCUT2D eigenvalue weighted by Gasteiger charge is -2.24. The smallest absolute Gasteiger partial charge is 0.322 e. The highest BCUT2D eigenvalue weighted by molar-refractivity contribution is 6.01. The highest BCUT2D eigenvalue weighted by Crippen LogP contribution is 2.21. The molecule has 37 heavy (non-hydrogen) atoms. The van der Waals surface area contributed by atoms with Crippen molar-refractivity contribution in [1.82, 2.24) is 10.2 Å². The summed E-state index contributed by atoms with van der Waals surface area (Å²) in [6.45, 7) is 0.486. The molecule has 0 spiro atoms. The number of carbonyl (C=O) groups is 4. The summed E-state index contributed by atoms with van der Waals surface area (Å²) in [6.07, 6.45) is 1.57. The van der Waals surface area contributed by atoms with E-state index in [-0.39, 0.29) is 18.4 Å². The van der Waals surface area contributed by atoms with Crippen LogP contribution in [0.1, 0.15) is 28.8 Å². The topological polar surface area (TPSA) is 134 Å². The third kappa shape index (κ3) is 6.72. The maximum absolute atomic E-state index is 12.9. The number of rotatable bonds is 8. The van der Waals surface area contributed by atoms with Crippen molar-refractivity contribution in [3.63, 3.8) is 0 Å². The van der Waals surface area contributed by atoms with Gasteiger partial charge >= 0.3 is 6.03 Å². The van der Waals surface area contributed by atoms with E-state index < -0.39 is 23.9 Å². The van der Waals surface area contributed by atoms with Gasteiger partial charge in [-0.15, -0.1) is 0 Å². The quantitative estimate of drug-likeness (QED) is 0.379. The number of likely N-dealkylation sites (tertiary alicyclic amines) is 1. The lowest BCUT2D eigenvalue weighted by Crippen LogP contribution is -2.45. The number of nitrogens with zero attached hydrogens (tertiary/aromatic N) is 1. The first-order valence-electron chi connectivity index (χ1n) is 12.1. The molecule has 2 unspecified atom stereocenters. The first-order valence-corrected chi connectivity index (χ1v) is 12.1. The molecular weight excluding hydrogens is 470 g/mol. The minimum atomic E-state index is -0.857. The molecule has 190 valence electrons. The zero-order valence-corrected chi connectivity index (χ0v) is 20.2. The van der Waals surface area contributed by atoms with Crippen LogP contribution < -0.4 is 21.7 Å². The van der Waals surface area contributed by atoms with Crippen LogP contribution in [0, 0.1) is 0 Å². The van der Waals surface area contributed by atoms with E-state index in [1.54, 1.807) is 36.4 Å². The van der Waals surface area contributed by atoms with E-state index in [1.165, 1.54) is 4.90 Å². The number of para-hydroxylation sites is 1. The third-order valence-electron chi connectivity index (χ3n) is 6.19. The minimum Gasteiger partial charge on any atom is -0.368 e. The van der Waals surface area contributed by atoms with Crippen molar-refractivity contribution in [3.05, 3.63) is 96.1 Å². The number of primary amides is 1. The summed E-state index contributed by atoms with van der Waals surface area (Å²) in [5.74, 6) is -1.37. The second kappa shape index (κ2) is 11.9. The Morgan fingerprint density at radius 1 is 0.838 bits per heavy atom. The average molecular weight is 500 g/mol. The summed E-state index contributed by atoms with van der Waals surface area (Å²) in [5, 5.41) is 8.32. The first kappa shape index (κ1) is 25.4. The number of nitrogens with one attached hydrogen (secondary N) is 3. The van der Waals surface area contributed by atoms with Crippen molar-refractivity contribution in [1.29, 1.82) is 0 Å². The number of benzene rings is 3. The molecule has 0 saturated carbocycles. The molecule has 9 heteroatoms. The monoisotopic (exact) mass is 499 g/mol. The SMILES string of the molecule is NC(=O)C(Cc1ccccc1)NC(=O)c1ccc(NC(=O)C2CCCN2C(=O)Nc2ccccc2)cc1. The molecule has 1 fully saturated rings. The van der Waals surface area contributed by atoms with Crippen LogP contribution >= 0.6 is 0 Å². The summed E-state index contributed by atoms with van der Waals surface area (Å²) in [4.78, 5) is 51.7. The Morgan fingerprint density at radius 3 is 2.11 bits per heavy atom. The molecule has 0 aliphatic carbocycles. The molecule has 2 atom stereocenters. The van der Waals surface area contributed by atoms with Gasteiger partial charge in [-0.3, -0.25) is 14.4 Å². The Labute approximate surface area is 215 Å². The third-order valence-corrected chi connectivity index (χ3v) is 6.19. The molecule has 3 aromatic carbocycles. The largest absolute Gasteiger partial charge is 0.368 e. The number of amides is 5. The van der Waals surface area contributed by atoms with Gasteiger partial charge in [0, 0.05) is 29.9 Å². The normalized spacial score (nSPS) is 15.5. The van der Waals surface area contributed by atoms with E-state index in [1.807, 2.05) is 48.5 Å². The lowest BCUT2D eigenvalue weighted by atomic mass is 10.0. The standard InChI is InChI=1S/C28H29N5O4/c29-25(34)23(18-19-8-3-1-4-9-19)32-26(35)20-13-15-22(16-14-20)30-27(36)24-12-7-17-33(24)28(37)31-21-10-5-2-6-11-21/h1-6,8-11,13-16,23-24H,7,12,17-18H2,(H2,29,34)(H,30,36)(H,31,37)(H,32,35). The maximum Gasteiger partial charge on any atom is 0.322 e. The van der Waals surface area contributed by atoms with Crippen molar-refractivity contribution >= 4 is 35.1 Å². The van der Waals surface area contributed by atoms with Crippen LogP contribution in [0.15, 0.2) is 84.9 Å². The van der Waals surface area contributed by atoms with Crippen LogP contribution in [0.4, 0.5) is 16.2 Å². The molecule has 0 aromatic heterocycles. The summed E-state index contributed by atoms with van der Waals surface area (Å²) >= 11 is 0. The fourth-order valence-corrected chi connectivity index (χ4v) is 4.24. The molecule has 0 bridgehead atoms. The van der Waals surface area contributed by atoms with E-state index in [9.17, 15) is 19.2 Å². The van der Waals surface area contributed by atoms with Gasteiger partial charge in [-0.1, -0.05) is 48.5 Å². The van der Waals surface area contributed by atoms with E-state index in [2.05, 4.69) is 16.0 Å². The van der Waals surface area contributed by atoms with E-state index in [0.29, 0.717) is 29.9 Å². The maximum atomic E-state index is 12.9. The molecule has 5 amide bonds. The Hall–Kier alpha value is -4.66. The fraction of sp³-hybridized carbons (Fsp3) is 0.214. The zero-order valence-electron chi connectivity index (χ0n) is 20.2. The first-order chi connectivity index (χ1) is 17.9. The van der Waals surface area contributed by atoms with Crippen molar-refractivity contribution in [2.45, 2.75) is 31.3 Å². The van der Waals surface area contributed by atoms with E-state index in [4.69, 9.17) is 5.73 Å². The van der Waals surface area contributed by atoms with E-state index >= 15 is 0 Å². The number of carbonyl (C=O) groups excluding carboxylic acids is 4. The molecule has 1 aliphatic heterocycles. The summed E-state index contributed by atoms with van der Waals surface area (Å²) in [7, 11) is 0. The van der Waals surface area contributed by atoms with Gasteiger partial charge in [-0.2, -0.15) is 0 Å². The minimum absolute atomic E-state index is 0.284. The second-order valence-electron chi connectivity index (χ2n) is 8.83. The Morgan fingerprint density at radius 2 is 1.46 bits per heavy atom. The zero-order chi connectivity index (χ0) is 26.2. The van der Waals surface area contributed by atoms with Crippen LogP contribution in [0.2, 0.25) is 0 Å². The molecule has 3 aromatic rings. The van der Waals surface area contributed by atoms with Crippen LogP contribution in [-0.2, 0) is 16.0 Å². The van der Waals surface area contributed by atoms with Gasteiger partial charge in [0.05, 0.1) is 0 Å². The van der Waals surface area contributed by atoms with Gasteiger partial charge in [0.1, 0.15) is 12.1 Å². The van der Waals surface area contributed by atoms with Crippen molar-refractivity contribution < 1.29 is 19.2 Å². The Kier molecular flexibility index (Phi) is 8.15. The average Bonchev–Trinajstić information content (AvgIpc) is 3.40.